The number of anilines is 3. The largest absolute Gasteiger partial charge is 0.487 e. The van der Waals surface area contributed by atoms with Gasteiger partial charge < -0.3 is 24.4 Å². The quantitative estimate of drug-likeness (QED) is 0.525. The van der Waals surface area contributed by atoms with E-state index >= 15 is 0 Å². The van der Waals surface area contributed by atoms with Gasteiger partial charge in [-0.15, -0.1) is 0 Å². The normalized spacial score (nSPS) is 20.3. The highest BCUT2D eigenvalue weighted by Gasteiger charge is 2.28. The van der Waals surface area contributed by atoms with E-state index in [2.05, 4.69) is 55.4 Å². The fraction of sp³-hybridized carbons (Fsp3) is 0.393. The van der Waals surface area contributed by atoms with Crippen LogP contribution in [0.25, 0.3) is 11.4 Å². The molecule has 6 rings (SSSR count). The first-order valence-corrected chi connectivity index (χ1v) is 12.8. The van der Waals surface area contributed by atoms with Crippen LogP contribution < -0.4 is 15.0 Å². The number of piperazine rings is 1. The van der Waals surface area contributed by atoms with Crippen molar-refractivity contribution in [2.24, 2.45) is 0 Å². The van der Waals surface area contributed by atoms with Crippen LogP contribution in [0.3, 0.4) is 0 Å². The van der Waals surface area contributed by atoms with Crippen molar-refractivity contribution in [3.8, 4) is 23.2 Å². The number of nitriles is 1. The van der Waals surface area contributed by atoms with Crippen molar-refractivity contribution in [1.82, 2.24) is 14.9 Å². The number of hydrogen-bond acceptors (Lipinski definition) is 9. The van der Waals surface area contributed by atoms with Crippen molar-refractivity contribution in [3.05, 3.63) is 60.3 Å². The van der Waals surface area contributed by atoms with E-state index in [0.717, 1.165) is 57.1 Å². The first kappa shape index (κ1) is 23.7. The number of ether oxygens (including phenoxy) is 3. The lowest BCUT2D eigenvalue weighted by atomic mass is 10.1. The predicted octanol–water partition coefficient (Wildman–Crippen LogP) is 3.45. The van der Waals surface area contributed by atoms with Crippen molar-refractivity contribution in [2.45, 2.75) is 18.6 Å². The molecular weight excluding hydrogens is 468 g/mol. The lowest BCUT2D eigenvalue weighted by molar-refractivity contribution is -0.0660. The molecule has 1 aromatic heterocycles. The zero-order valence-corrected chi connectivity index (χ0v) is 20.7. The monoisotopic (exact) mass is 498 g/mol. The van der Waals surface area contributed by atoms with Gasteiger partial charge in [0.05, 0.1) is 38.0 Å². The third-order valence-corrected chi connectivity index (χ3v) is 7.15. The first-order chi connectivity index (χ1) is 18.2. The van der Waals surface area contributed by atoms with Gasteiger partial charge in [0.25, 0.3) is 0 Å². The second kappa shape index (κ2) is 10.7. The van der Waals surface area contributed by atoms with Gasteiger partial charge in [0.15, 0.2) is 5.82 Å². The average molecular weight is 499 g/mol. The molecule has 9 nitrogen and oxygen atoms in total. The molecule has 37 heavy (non-hydrogen) atoms. The van der Waals surface area contributed by atoms with Crippen molar-refractivity contribution < 1.29 is 14.2 Å². The average Bonchev–Trinajstić information content (AvgIpc) is 3.42. The van der Waals surface area contributed by atoms with Gasteiger partial charge in [0, 0.05) is 55.7 Å². The summed E-state index contributed by atoms with van der Waals surface area (Å²) in [5.41, 5.74) is 3.41. The van der Waals surface area contributed by atoms with E-state index in [9.17, 15) is 5.26 Å². The molecule has 9 heteroatoms. The Balaban J connectivity index is 1.10. The number of hydrogen-bond donors (Lipinski definition) is 1. The summed E-state index contributed by atoms with van der Waals surface area (Å²) >= 11 is 0. The Morgan fingerprint density at radius 1 is 0.973 bits per heavy atom. The predicted molar refractivity (Wildman–Crippen MR) is 140 cm³/mol. The van der Waals surface area contributed by atoms with Gasteiger partial charge in [0.1, 0.15) is 23.7 Å². The Morgan fingerprint density at radius 3 is 2.51 bits per heavy atom. The molecule has 3 saturated heterocycles. The summed E-state index contributed by atoms with van der Waals surface area (Å²) in [6.45, 7) is 7.21. The first-order valence-electron chi connectivity index (χ1n) is 12.8. The standard InChI is InChI=1S/C28H30N6O3/c29-16-21-15-20(1-6-26(21)37-25-8-14-35-19-25)28-30-9-7-27(32-28)31-22-2-4-23(5-3-22)33-10-12-34(13-11-33)24-17-36-18-24/h1-7,9,15,24-25H,8,10-14,17-19H2,(H,30,31,32)/t25-/m1/s1. The molecule has 190 valence electrons. The van der Waals surface area contributed by atoms with Gasteiger partial charge in [-0.2, -0.15) is 5.26 Å². The maximum atomic E-state index is 9.66. The van der Waals surface area contributed by atoms with Gasteiger partial charge in [0.2, 0.25) is 0 Å². The zero-order valence-electron chi connectivity index (χ0n) is 20.7. The molecule has 3 aliphatic heterocycles. The second-order valence-electron chi connectivity index (χ2n) is 9.58. The van der Waals surface area contributed by atoms with Crippen LogP contribution in [0.4, 0.5) is 17.2 Å². The molecule has 0 aliphatic carbocycles. The van der Waals surface area contributed by atoms with E-state index < -0.39 is 0 Å². The molecule has 2 aromatic carbocycles. The molecule has 1 atom stereocenters. The second-order valence-corrected chi connectivity index (χ2v) is 9.58. The van der Waals surface area contributed by atoms with E-state index in [1.807, 2.05) is 18.2 Å². The molecule has 4 heterocycles. The molecule has 0 unspecified atom stereocenters. The third kappa shape index (κ3) is 5.37. The number of rotatable bonds is 7. The van der Waals surface area contributed by atoms with Crippen molar-refractivity contribution in [2.75, 3.05) is 62.8 Å². The molecule has 0 radical (unpaired) electrons. The Bertz CT molecular complexity index is 1260. The summed E-state index contributed by atoms with van der Waals surface area (Å²) in [4.78, 5) is 14.1. The summed E-state index contributed by atoms with van der Waals surface area (Å²) in [5, 5.41) is 13.0. The van der Waals surface area contributed by atoms with Crippen molar-refractivity contribution in [1.29, 1.82) is 5.26 Å². The number of nitrogens with one attached hydrogen (secondary N) is 1. The van der Waals surface area contributed by atoms with Crippen LogP contribution in [0.1, 0.15) is 12.0 Å². The summed E-state index contributed by atoms with van der Waals surface area (Å²) in [5.74, 6) is 1.80. The minimum atomic E-state index is -0.0137. The lowest BCUT2D eigenvalue weighted by Crippen LogP contribution is -2.56. The van der Waals surface area contributed by atoms with E-state index in [4.69, 9.17) is 14.2 Å². The van der Waals surface area contributed by atoms with Crippen LogP contribution in [0, 0.1) is 11.3 Å². The number of aromatic nitrogens is 2. The Morgan fingerprint density at radius 2 is 1.81 bits per heavy atom. The third-order valence-electron chi connectivity index (χ3n) is 7.15. The van der Waals surface area contributed by atoms with Gasteiger partial charge >= 0.3 is 0 Å². The van der Waals surface area contributed by atoms with E-state index in [1.165, 1.54) is 5.69 Å². The van der Waals surface area contributed by atoms with Crippen molar-refractivity contribution in [3.63, 3.8) is 0 Å². The minimum Gasteiger partial charge on any atom is -0.487 e. The summed E-state index contributed by atoms with van der Waals surface area (Å²) in [7, 11) is 0. The van der Waals surface area contributed by atoms with E-state index in [-0.39, 0.29) is 6.10 Å². The highest BCUT2D eigenvalue weighted by molar-refractivity contribution is 5.65. The highest BCUT2D eigenvalue weighted by Crippen LogP contribution is 2.28. The number of benzene rings is 2. The SMILES string of the molecule is N#Cc1cc(-c2nccc(Nc3ccc(N4CCN(C5COC5)CC4)cc3)n2)ccc1O[C@@H]1CCOC1. The van der Waals surface area contributed by atoms with Gasteiger partial charge in [-0.05, 0) is 48.5 Å². The Hall–Kier alpha value is -3.71. The zero-order chi connectivity index (χ0) is 25.0. The Labute approximate surface area is 216 Å². The van der Waals surface area contributed by atoms with E-state index in [1.54, 1.807) is 12.3 Å². The molecular formula is C28H30N6O3. The van der Waals surface area contributed by atoms with Crippen molar-refractivity contribution >= 4 is 17.2 Å². The smallest absolute Gasteiger partial charge is 0.161 e. The van der Waals surface area contributed by atoms with Gasteiger partial charge in [-0.3, -0.25) is 4.90 Å². The van der Waals surface area contributed by atoms with Gasteiger partial charge in [-0.25, -0.2) is 9.97 Å². The highest BCUT2D eigenvalue weighted by atomic mass is 16.5. The lowest BCUT2D eigenvalue weighted by Gasteiger charge is -2.43. The summed E-state index contributed by atoms with van der Waals surface area (Å²) in [6.07, 6.45) is 2.54. The molecule has 0 saturated carbocycles. The maximum absolute atomic E-state index is 9.66. The van der Waals surface area contributed by atoms with Crippen LogP contribution in [0.2, 0.25) is 0 Å². The fourth-order valence-corrected chi connectivity index (χ4v) is 4.89. The molecule has 0 amide bonds. The van der Waals surface area contributed by atoms with Crippen LogP contribution >= 0.6 is 0 Å². The number of nitrogens with zero attached hydrogens (tertiary/aromatic N) is 5. The van der Waals surface area contributed by atoms with E-state index in [0.29, 0.717) is 42.2 Å². The molecule has 1 N–H and O–H groups in total. The molecule has 3 aliphatic rings. The minimum absolute atomic E-state index is 0.0137. The topological polar surface area (TPSA) is 95.8 Å². The van der Waals surface area contributed by atoms with Crippen LogP contribution in [-0.2, 0) is 9.47 Å². The molecule has 3 fully saturated rings. The van der Waals surface area contributed by atoms with Crippen LogP contribution in [0.15, 0.2) is 54.7 Å². The summed E-state index contributed by atoms with van der Waals surface area (Å²) < 4.78 is 16.7. The van der Waals surface area contributed by atoms with Crippen LogP contribution in [0.5, 0.6) is 5.75 Å². The Kier molecular flexibility index (Phi) is 6.86. The maximum Gasteiger partial charge on any atom is 0.161 e. The van der Waals surface area contributed by atoms with Crippen LogP contribution in [-0.4, -0.2) is 79.6 Å². The molecule has 3 aromatic rings. The summed E-state index contributed by atoms with van der Waals surface area (Å²) in [6, 6.07) is 18.6. The molecule has 0 bridgehead atoms. The molecule has 0 spiro atoms. The van der Waals surface area contributed by atoms with Gasteiger partial charge in [-0.1, -0.05) is 0 Å². The fourth-order valence-electron chi connectivity index (χ4n) is 4.89.